The monoisotopic (exact) mass is 192 g/mol. The molecule has 1 aliphatic heterocycles. The van der Waals surface area contributed by atoms with Crippen molar-refractivity contribution >= 4 is 10.0 Å². The first-order valence-corrected chi connectivity index (χ1v) is 5.34. The number of hydrogen-bond donors (Lipinski definition) is 1. The maximum Gasteiger partial charge on any atom is 0.303 e. The summed E-state index contributed by atoms with van der Waals surface area (Å²) in [4.78, 5) is 2.33. The van der Waals surface area contributed by atoms with Crippen LogP contribution in [-0.2, 0) is 8.85 Å². The van der Waals surface area contributed by atoms with Crippen LogP contribution in [0.5, 0.6) is 0 Å². The van der Waals surface area contributed by atoms with Gasteiger partial charge < -0.3 is 19.1 Å². The normalized spacial score (nSPS) is 18.2. The molecule has 1 rings (SSSR count). The average Bonchev–Trinajstić information content (AvgIpc) is 2.08. The van der Waals surface area contributed by atoms with Gasteiger partial charge in [-0.15, -0.1) is 0 Å². The summed E-state index contributed by atoms with van der Waals surface area (Å²) in [6, 6.07) is 0. The average molecular weight is 192 g/mol. The highest BCUT2D eigenvalue weighted by atomic mass is 28.3. The Morgan fingerprint density at radius 3 is 1.83 bits per heavy atom. The molecule has 0 spiro atoms. The summed E-state index contributed by atoms with van der Waals surface area (Å²) in [7, 11) is 4.88. The smallest absolute Gasteiger partial charge is 0.303 e. The van der Waals surface area contributed by atoms with E-state index >= 15 is 0 Å². The lowest BCUT2D eigenvalue weighted by atomic mass is 10.4. The van der Waals surface area contributed by atoms with Crippen molar-refractivity contribution in [1.29, 1.82) is 0 Å². The predicted molar refractivity (Wildman–Crippen MR) is 52.9 cm³/mol. The van der Waals surface area contributed by atoms with Crippen LogP contribution >= 0.6 is 0 Å². The molecule has 0 aromatic carbocycles. The zero-order chi connectivity index (χ0) is 9.23. The Kier molecular flexibility index (Phi) is 9.19. The molecule has 74 valence electrons. The fourth-order valence-corrected chi connectivity index (χ4v) is 1.13. The van der Waals surface area contributed by atoms with Crippen LogP contribution in [-0.4, -0.2) is 62.4 Å². The summed E-state index contributed by atoms with van der Waals surface area (Å²) in [6.45, 7) is 4.74. The lowest BCUT2D eigenvalue weighted by Gasteiger charge is -2.21. The molecular weight excluding hydrogens is 172 g/mol. The van der Waals surface area contributed by atoms with Gasteiger partial charge in [0.1, 0.15) is 0 Å². The summed E-state index contributed by atoms with van der Waals surface area (Å²) in [5.74, 6) is 0. The minimum absolute atomic E-state index is 0.568. The second-order valence-electron chi connectivity index (χ2n) is 2.75. The summed E-state index contributed by atoms with van der Waals surface area (Å²) in [5.41, 5.74) is 0. The molecule has 0 radical (unpaired) electrons. The Morgan fingerprint density at radius 2 is 1.67 bits per heavy atom. The van der Waals surface area contributed by atoms with Gasteiger partial charge in [-0.2, -0.15) is 0 Å². The van der Waals surface area contributed by atoms with Crippen molar-refractivity contribution in [2.24, 2.45) is 0 Å². The van der Waals surface area contributed by atoms with E-state index < -0.39 is 10.0 Å². The molecule has 1 heterocycles. The van der Waals surface area contributed by atoms with Crippen LogP contribution in [0.25, 0.3) is 0 Å². The van der Waals surface area contributed by atoms with Crippen molar-refractivity contribution in [2.45, 2.75) is 0 Å². The fraction of sp³-hybridized carbons (Fsp3) is 1.00. The van der Waals surface area contributed by atoms with Gasteiger partial charge in [0.05, 0.1) is 0 Å². The lowest BCUT2D eigenvalue weighted by molar-refractivity contribution is 0.291. The molecule has 0 aliphatic carbocycles. The first-order chi connectivity index (χ1) is 5.81. The topological polar surface area (TPSA) is 33.7 Å². The summed E-state index contributed by atoms with van der Waals surface area (Å²) < 4.78 is 9.22. The molecule has 1 saturated heterocycles. The van der Waals surface area contributed by atoms with Crippen LogP contribution in [0.15, 0.2) is 0 Å². The van der Waals surface area contributed by atoms with Gasteiger partial charge in [-0.1, -0.05) is 0 Å². The van der Waals surface area contributed by atoms with E-state index in [0.717, 1.165) is 13.1 Å². The maximum atomic E-state index is 4.61. The fourth-order valence-electron chi connectivity index (χ4n) is 0.894. The van der Waals surface area contributed by atoms with Crippen molar-refractivity contribution in [2.75, 3.05) is 47.4 Å². The number of hydrogen-bond acceptors (Lipinski definition) is 4. The van der Waals surface area contributed by atoms with Gasteiger partial charge in [0.15, 0.2) is 0 Å². The number of piperazine rings is 1. The standard InChI is InChI=1S/C5H12N2.C2H8O2Si/c1-7-4-2-6-3-5-7;1-3-5-4-2/h6H,2-5H2,1H3;5H2,1-2H3. The molecule has 0 aromatic rings. The van der Waals surface area contributed by atoms with E-state index in [9.17, 15) is 0 Å². The summed E-state index contributed by atoms with van der Waals surface area (Å²) in [5, 5.41) is 3.27. The molecule has 1 fully saturated rings. The SMILES string of the molecule is CN1CCNCC1.CO[SiH2]OC. The van der Waals surface area contributed by atoms with Gasteiger partial charge in [0.2, 0.25) is 0 Å². The molecule has 1 aliphatic rings. The van der Waals surface area contributed by atoms with E-state index in [2.05, 4.69) is 26.1 Å². The van der Waals surface area contributed by atoms with Crippen molar-refractivity contribution in [1.82, 2.24) is 10.2 Å². The van der Waals surface area contributed by atoms with E-state index in [1.807, 2.05) is 0 Å². The Bertz CT molecular complexity index is 87.5. The maximum absolute atomic E-state index is 4.61. The summed E-state index contributed by atoms with van der Waals surface area (Å²) in [6.07, 6.45) is 0. The van der Waals surface area contributed by atoms with Crippen LogP contribution in [0, 0.1) is 0 Å². The zero-order valence-electron chi connectivity index (χ0n) is 8.30. The van der Waals surface area contributed by atoms with Crippen LogP contribution in [0.1, 0.15) is 0 Å². The Labute approximate surface area is 77.3 Å². The summed E-state index contributed by atoms with van der Waals surface area (Å²) >= 11 is 0. The van der Waals surface area contributed by atoms with Crippen LogP contribution in [0.3, 0.4) is 0 Å². The number of nitrogens with zero attached hydrogens (tertiary/aromatic N) is 1. The highest BCUT2D eigenvalue weighted by Crippen LogP contribution is 1.83. The minimum Gasteiger partial charge on any atom is -0.402 e. The Balaban J connectivity index is 0.000000217. The molecule has 0 amide bonds. The molecular formula is C7H20N2O2Si. The van der Waals surface area contributed by atoms with Gasteiger partial charge in [0.25, 0.3) is 0 Å². The van der Waals surface area contributed by atoms with Gasteiger partial charge in [-0.05, 0) is 7.05 Å². The van der Waals surface area contributed by atoms with Crippen molar-refractivity contribution in [3.05, 3.63) is 0 Å². The van der Waals surface area contributed by atoms with Gasteiger partial charge >= 0.3 is 10.0 Å². The van der Waals surface area contributed by atoms with Crippen LogP contribution < -0.4 is 5.32 Å². The van der Waals surface area contributed by atoms with E-state index in [-0.39, 0.29) is 0 Å². The van der Waals surface area contributed by atoms with Crippen LogP contribution in [0.2, 0.25) is 0 Å². The zero-order valence-corrected chi connectivity index (χ0v) is 9.71. The molecule has 0 aromatic heterocycles. The predicted octanol–water partition coefficient (Wildman–Crippen LogP) is -1.20. The molecule has 0 unspecified atom stereocenters. The van der Waals surface area contributed by atoms with Crippen molar-refractivity contribution in [3.63, 3.8) is 0 Å². The quantitative estimate of drug-likeness (QED) is 0.557. The third kappa shape index (κ3) is 8.16. The molecule has 0 atom stereocenters. The first kappa shape index (κ1) is 12.1. The number of nitrogens with one attached hydrogen (secondary N) is 1. The molecule has 1 N–H and O–H groups in total. The van der Waals surface area contributed by atoms with Crippen molar-refractivity contribution in [3.8, 4) is 0 Å². The molecule has 0 saturated carbocycles. The highest BCUT2D eigenvalue weighted by Gasteiger charge is 2.01. The van der Waals surface area contributed by atoms with E-state index in [1.165, 1.54) is 13.1 Å². The molecule has 4 nitrogen and oxygen atoms in total. The lowest BCUT2D eigenvalue weighted by Crippen LogP contribution is -2.40. The molecule has 0 bridgehead atoms. The number of rotatable bonds is 2. The third-order valence-corrected chi connectivity index (χ3v) is 2.05. The van der Waals surface area contributed by atoms with E-state index in [1.54, 1.807) is 14.2 Å². The third-order valence-electron chi connectivity index (χ3n) is 1.58. The highest BCUT2D eigenvalue weighted by molar-refractivity contribution is 6.17. The van der Waals surface area contributed by atoms with E-state index in [4.69, 9.17) is 0 Å². The van der Waals surface area contributed by atoms with Gasteiger partial charge in [0, 0.05) is 40.4 Å². The largest absolute Gasteiger partial charge is 0.402 e. The van der Waals surface area contributed by atoms with Crippen LogP contribution in [0.4, 0.5) is 0 Å². The molecule has 12 heavy (non-hydrogen) atoms. The Hall–Kier alpha value is 0.0569. The Morgan fingerprint density at radius 1 is 1.17 bits per heavy atom. The second-order valence-corrected chi connectivity index (χ2v) is 4.14. The minimum atomic E-state index is -0.568. The number of likely N-dealkylation sites (N-methyl/N-ethyl adjacent to an activating group) is 1. The van der Waals surface area contributed by atoms with E-state index in [0.29, 0.717) is 0 Å². The molecule has 5 heteroatoms. The first-order valence-electron chi connectivity index (χ1n) is 4.18. The van der Waals surface area contributed by atoms with Gasteiger partial charge in [-0.3, -0.25) is 0 Å². The second kappa shape index (κ2) is 9.15. The van der Waals surface area contributed by atoms with Gasteiger partial charge in [-0.25, -0.2) is 0 Å². The van der Waals surface area contributed by atoms with Crippen molar-refractivity contribution < 1.29 is 8.85 Å².